The Bertz CT molecular complexity index is 512. The molecule has 1 aromatic heterocycles. The van der Waals surface area contributed by atoms with Gasteiger partial charge in [0.25, 0.3) is 0 Å². The van der Waals surface area contributed by atoms with E-state index < -0.39 is 10.0 Å². The summed E-state index contributed by atoms with van der Waals surface area (Å²) >= 11 is 1.80. The van der Waals surface area contributed by atoms with Gasteiger partial charge in [-0.15, -0.1) is 0 Å². The van der Waals surface area contributed by atoms with Gasteiger partial charge in [0.1, 0.15) is 0 Å². The molecule has 1 fully saturated rings. The topological polar surface area (TPSA) is 73.4 Å². The van der Waals surface area contributed by atoms with Gasteiger partial charge < -0.3 is 10.1 Å². The fraction of sp³-hybridized carbons (Fsp3) is 0.636. The number of aromatic amines is 1. The smallest absolute Gasteiger partial charge is 0.244 e. The third-order valence-corrected chi connectivity index (χ3v) is 6.62. The zero-order chi connectivity index (χ0) is 13.3. The highest BCUT2D eigenvalue weighted by Gasteiger charge is 2.35. The number of nitrogens with one attached hydrogen (secondary N) is 1. The van der Waals surface area contributed by atoms with Gasteiger partial charge in [0, 0.05) is 35.5 Å². The molecule has 0 radical (unpaired) electrons. The van der Waals surface area contributed by atoms with Crippen LogP contribution in [0.3, 0.4) is 0 Å². The van der Waals surface area contributed by atoms with Crippen molar-refractivity contribution in [1.29, 1.82) is 0 Å². The molecule has 0 bridgehead atoms. The minimum Gasteiger partial charge on any atom is -0.390 e. The van der Waals surface area contributed by atoms with Crippen LogP contribution in [0, 0.1) is 0 Å². The Morgan fingerprint density at radius 3 is 2.89 bits per heavy atom. The molecule has 0 saturated carbocycles. The molecule has 1 aromatic rings. The predicted molar refractivity (Wildman–Crippen MR) is 72.0 cm³/mol. The van der Waals surface area contributed by atoms with Crippen molar-refractivity contribution >= 4 is 21.8 Å². The maximum atomic E-state index is 12.5. The number of H-pyrrole nitrogens is 1. The number of hydrogen-bond donors (Lipinski definition) is 2. The van der Waals surface area contributed by atoms with Crippen LogP contribution in [-0.2, 0) is 16.6 Å². The number of rotatable bonds is 3. The zero-order valence-electron chi connectivity index (χ0n) is 10.5. The van der Waals surface area contributed by atoms with Gasteiger partial charge >= 0.3 is 0 Å². The van der Waals surface area contributed by atoms with Gasteiger partial charge in [-0.25, -0.2) is 8.42 Å². The molecule has 0 amide bonds. The van der Waals surface area contributed by atoms with Gasteiger partial charge in [-0.3, -0.25) is 0 Å². The molecule has 0 aromatic carbocycles. The number of aliphatic hydroxyl groups excluding tert-OH is 1. The van der Waals surface area contributed by atoms with Crippen molar-refractivity contribution in [3.8, 4) is 0 Å². The molecule has 102 valence electrons. The first kappa shape index (κ1) is 13.9. The van der Waals surface area contributed by atoms with Gasteiger partial charge in [-0.2, -0.15) is 16.1 Å². The van der Waals surface area contributed by atoms with Crippen molar-refractivity contribution in [2.75, 3.05) is 12.3 Å². The van der Waals surface area contributed by atoms with Gasteiger partial charge in [-0.1, -0.05) is 6.92 Å². The lowest BCUT2D eigenvalue weighted by atomic mass is 10.2. The van der Waals surface area contributed by atoms with Crippen molar-refractivity contribution in [2.45, 2.75) is 36.6 Å². The average molecular weight is 290 g/mol. The number of thioether (sulfide) groups is 1. The van der Waals surface area contributed by atoms with Crippen molar-refractivity contribution in [2.24, 2.45) is 0 Å². The Morgan fingerprint density at radius 2 is 2.28 bits per heavy atom. The molecule has 1 aliphatic rings. The van der Waals surface area contributed by atoms with Gasteiger partial charge in [0.15, 0.2) is 0 Å². The van der Waals surface area contributed by atoms with Crippen molar-refractivity contribution < 1.29 is 13.5 Å². The monoisotopic (exact) mass is 290 g/mol. The summed E-state index contributed by atoms with van der Waals surface area (Å²) in [6.07, 6.45) is 1.44. The van der Waals surface area contributed by atoms with Gasteiger partial charge in [0.05, 0.1) is 11.5 Å². The molecule has 2 rings (SSSR count). The summed E-state index contributed by atoms with van der Waals surface area (Å²) in [7, 11) is -3.46. The fourth-order valence-electron chi connectivity index (χ4n) is 2.04. The Kier molecular flexibility index (Phi) is 4.05. The minimum atomic E-state index is -3.46. The molecule has 2 N–H and O–H groups in total. The summed E-state index contributed by atoms with van der Waals surface area (Å²) in [4.78, 5) is 3.00. The minimum absolute atomic E-state index is 0.0128. The third kappa shape index (κ3) is 2.45. The second-order valence-corrected chi connectivity index (χ2v) is 7.83. The third-order valence-electron chi connectivity index (χ3n) is 3.32. The SMILES string of the molecule is CC1SCCN(S(=O)(=O)c2c[nH]c(CO)c2)C1C. The van der Waals surface area contributed by atoms with E-state index in [0.29, 0.717) is 17.5 Å². The molecule has 7 heteroatoms. The lowest BCUT2D eigenvalue weighted by Gasteiger charge is -2.36. The molecule has 1 aliphatic heterocycles. The summed E-state index contributed by atoms with van der Waals surface area (Å²) in [5.41, 5.74) is 0.515. The van der Waals surface area contributed by atoms with Crippen molar-refractivity contribution in [3.63, 3.8) is 0 Å². The Morgan fingerprint density at radius 1 is 1.56 bits per heavy atom. The highest BCUT2D eigenvalue weighted by atomic mass is 32.2. The molecular formula is C11H18N2O3S2. The van der Waals surface area contributed by atoms with Crippen LogP contribution in [0.2, 0.25) is 0 Å². The van der Waals surface area contributed by atoms with E-state index in [9.17, 15) is 8.42 Å². The van der Waals surface area contributed by atoms with Crippen LogP contribution in [0.25, 0.3) is 0 Å². The van der Waals surface area contributed by atoms with Gasteiger partial charge in [-0.05, 0) is 13.0 Å². The first-order valence-corrected chi connectivity index (χ1v) is 8.37. The predicted octanol–water partition coefficient (Wildman–Crippen LogP) is 1.02. The molecule has 2 heterocycles. The van der Waals surface area contributed by atoms with Crippen LogP contribution >= 0.6 is 11.8 Å². The van der Waals surface area contributed by atoms with Crippen LogP contribution < -0.4 is 0 Å². The van der Waals surface area contributed by atoms with Crippen molar-refractivity contribution in [3.05, 3.63) is 18.0 Å². The molecule has 1 saturated heterocycles. The second kappa shape index (κ2) is 5.24. The molecule has 2 unspecified atom stereocenters. The first-order chi connectivity index (χ1) is 8.46. The second-order valence-electron chi connectivity index (χ2n) is 4.45. The maximum absolute atomic E-state index is 12.5. The zero-order valence-corrected chi connectivity index (χ0v) is 12.1. The fourth-order valence-corrected chi connectivity index (χ4v) is 5.05. The molecule has 5 nitrogen and oxygen atoms in total. The van der Waals surface area contributed by atoms with Crippen LogP contribution in [0.15, 0.2) is 17.2 Å². The molecule has 18 heavy (non-hydrogen) atoms. The number of nitrogens with zero attached hydrogens (tertiary/aromatic N) is 1. The molecule has 2 atom stereocenters. The summed E-state index contributed by atoms with van der Waals surface area (Å²) in [6, 6.07) is 1.48. The van der Waals surface area contributed by atoms with Gasteiger partial charge in [0.2, 0.25) is 10.0 Å². The Labute approximate surface area is 112 Å². The highest BCUT2D eigenvalue weighted by molar-refractivity contribution is 8.00. The van der Waals surface area contributed by atoms with Crippen LogP contribution in [0.5, 0.6) is 0 Å². The summed E-state index contributed by atoms with van der Waals surface area (Å²) in [5, 5.41) is 9.27. The lowest BCUT2D eigenvalue weighted by Crippen LogP contribution is -2.47. The Balaban J connectivity index is 2.30. The molecule has 0 aliphatic carbocycles. The van der Waals surface area contributed by atoms with E-state index in [1.807, 2.05) is 13.8 Å². The van der Waals surface area contributed by atoms with E-state index >= 15 is 0 Å². The van der Waals surface area contributed by atoms with Crippen LogP contribution in [0.1, 0.15) is 19.5 Å². The maximum Gasteiger partial charge on any atom is 0.244 e. The van der Waals surface area contributed by atoms with E-state index in [0.717, 1.165) is 5.75 Å². The number of aromatic nitrogens is 1. The lowest BCUT2D eigenvalue weighted by molar-refractivity contribution is 0.277. The number of sulfonamides is 1. The van der Waals surface area contributed by atoms with Crippen LogP contribution in [0.4, 0.5) is 0 Å². The summed E-state index contributed by atoms with van der Waals surface area (Å²) < 4.78 is 26.5. The summed E-state index contributed by atoms with van der Waals surface area (Å²) in [6.45, 7) is 4.34. The average Bonchev–Trinajstić information content (AvgIpc) is 2.81. The van der Waals surface area contributed by atoms with Crippen LogP contribution in [-0.4, -0.2) is 46.4 Å². The standard InChI is InChI=1S/C11H18N2O3S2/c1-8-9(2)17-4-3-13(8)18(15,16)11-5-10(7-14)12-6-11/h5-6,8-9,12,14H,3-4,7H2,1-2H3. The number of hydrogen-bond acceptors (Lipinski definition) is 4. The van der Waals surface area contributed by atoms with E-state index in [1.54, 1.807) is 16.1 Å². The normalized spacial score (nSPS) is 26.4. The Hall–Kier alpha value is -0.500. The van der Waals surface area contributed by atoms with Crippen molar-refractivity contribution in [1.82, 2.24) is 9.29 Å². The summed E-state index contributed by atoms with van der Waals surface area (Å²) in [5.74, 6) is 0.821. The largest absolute Gasteiger partial charge is 0.390 e. The van der Waals surface area contributed by atoms with E-state index in [1.165, 1.54) is 12.3 Å². The molecular weight excluding hydrogens is 272 g/mol. The quantitative estimate of drug-likeness (QED) is 0.872. The number of aliphatic hydroxyl groups is 1. The van der Waals surface area contributed by atoms with E-state index in [-0.39, 0.29) is 17.5 Å². The van der Waals surface area contributed by atoms with E-state index in [2.05, 4.69) is 4.98 Å². The van der Waals surface area contributed by atoms with E-state index in [4.69, 9.17) is 5.11 Å². The highest BCUT2D eigenvalue weighted by Crippen LogP contribution is 2.29. The molecule has 0 spiro atoms. The first-order valence-electron chi connectivity index (χ1n) is 5.88.